The molecule has 4 heterocycles. The average molecular weight is 1450 g/mol. The van der Waals surface area contributed by atoms with E-state index >= 15 is 9.59 Å². The molecule has 29 nitrogen and oxygen atoms in total. The highest BCUT2D eigenvalue weighted by Gasteiger charge is 2.78. The lowest BCUT2D eigenvalue weighted by atomic mass is 9.44. The third kappa shape index (κ3) is 14.5. The summed E-state index contributed by atoms with van der Waals surface area (Å²) in [6, 6.07) is 24.0. The number of aromatic nitrogens is 3. The lowest BCUT2D eigenvalue weighted by molar-refractivity contribution is -0.346. The molecule has 3 aliphatic heterocycles. The molecule has 2 saturated carbocycles. The molecule has 11 atom stereocenters. The number of alkyl carbamates (subject to hydrolysis) is 1. The highest BCUT2D eigenvalue weighted by molar-refractivity contribution is 7.86. The van der Waals surface area contributed by atoms with E-state index in [1.165, 1.54) is 76.1 Å². The number of ether oxygens (including phenoxy) is 6. The number of hydrogen-bond acceptors (Lipinski definition) is 23. The van der Waals surface area contributed by atoms with Gasteiger partial charge in [-0.05, 0) is 98.7 Å². The second kappa shape index (κ2) is 29.0. The van der Waals surface area contributed by atoms with Crippen LogP contribution in [-0.2, 0) is 69.1 Å². The number of nitrogens with one attached hydrogen (secondary N) is 2. The smallest absolute Gasteiger partial charge is 0.408 e. The van der Waals surface area contributed by atoms with Crippen molar-refractivity contribution in [2.75, 3.05) is 59.0 Å². The predicted molar refractivity (Wildman–Crippen MR) is 368 cm³/mol. The van der Waals surface area contributed by atoms with Gasteiger partial charge in [0.2, 0.25) is 12.0 Å². The maximum atomic E-state index is 15.5. The van der Waals surface area contributed by atoms with Crippen molar-refractivity contribution in [2.24, 2.45) is 16.7 Å². The second-order valence-electron chi connectivity index (χ2n) is 29.4. The van der Waals surface area contributed by atoms with E-state index in [0.717, 1.165) is 12.5 Å². The zero-order valence-corrected chi connectivity index (χ0v) is 60.0. The highest BCUT2D eigenvalue weighted by Crippen LogP contribution is 2.64. The molecule has 2 amide bonds. The van der Waals surface area contributed by atoms with Crippen molar-refractivity contribution in [3.8, 4) is 28.6 Å². The van der Waals surface area contributed by atoms with Gasteiger partial charge in [0.25, 0.3) is 10.2 Å². The summed E-state index contributed by atoms with van der Waals surface area (Å²) < 4.78 is 68.8. The van der Waals surface area contributed by atoms with E-state index in [1.54, 1.807) is 75.4 Å². The molecule has 0 spiro atoms. The van der Waals surface area contributed by atoms with Crippen LogP contribution in [0.15, 0.2) is 113 Å². The van der Waals surface area contributed by atoms with Crippen molar-refractivity contribution in [1.82, 2.24) is 38.5 Å². The number of aliphatic hydroxyl groups excluding tert-OH is 2. The number of fused-ring (bicyclic) bond motifs is 5. The van der Waals surface area contributed by atoms with Crippen LogP contribution < -0.4 is 11.0 Å². The van der Waals surface area contributed by atoms with Crippen molar-refractivity contribution >= 4 is 51.9 Å². The van der Waals surface area contributed by atoms with E-state index in [2.05, 4.69) is 20.4 Å². The number of carbonyl (C=O) groups is 7. The third-order valence-corrected chi connectivity index (χ3v) is 23.2. The summed E-state index contributed by atoms with van der Waals surface area (Å²) in [5, 5.41) is 69.2. The zero-order valence-electron chi connectivity index (χ0n) is 59.2. The molecule has 0 radical (unpaired) electrons. The van der Waals surface area contributed by atoms with Gasteiger partial charge >= 0.3 is 35.7 Å². The molecule has 5 aromatic rings. The van der Waals surface area contributed by atoms with E-state index in [0.29, 0.717) is 30.9 Å². The molecule has 7 N–H and O–H groups in total. The van der Waals surface area contributed by atoms with Crippen LogP contribution in [0.25, 0.3) is 17.1 Å². The second-order valence-corrected chi connectivity index (χ2v) is 31.4. The predicted octanol–water partition coefficient (Wildman–Crippen LogP) is 4.87. The van der Waals surface area contributed by atoms with Crippen LogP contribution in [0.1, 0.15) is 134 Å². The number of phenols is 2. The Balaban J connectivity index is 0.780. The standard InChI is InChI=1S/C73H90N8O21S/c1-41(2)48-35-49(51(84)36-50(48)83)64-75-76-67(92)81(64)47-23-21-44(22-24-47)39-77-27-31-79(32-28-77)103(95,96)80-33-29-78(30-34-80)55(86)25-26-56(87)99-60(58(45-17-13-11-14-18-45)74-68(93)102-69(5,6)7)66(91)98-52-38-73(94)63(100-65(90)46-19-15-12-16-20-46)61-71(10,62(89)59(88)57(42(52)3)70(73,8)9)53(85)37-54-72(61,40-97-54)101-43(4)82/h11-24,35-36,41,52-54,58-61,63,83-85,88,94H,25-34,37-40H2,1-10H3,(H,74,93)(H,76,92)/t52?,53-,54+,58-,59+,60+,61-,63-,71+,72-,73+/m0/s1. The number of phenolic OH excluding ortho intramolecular Hbond substituents is 2. The molecule has 103 heavy (non-hydrogen) atoms. The molecule has 5 fully saturated rings. The molecule has 30 heteroatoms. The maximum Gasteiger partial charge on any atom is 0.408 e. The van der Waals surface area contributed by atoms with Gasteiger partial charge in [-0.25, -0.2) is 28.8 Å². The fourth-order valence-corrected chi connectivity index (χ4v) is 17.2. The molecule has 3 aliphatic carbocycles. The lowest BCUT2D eigenvalue weighted by Gasteiger charge is -2.67. The van der Waals surface area contributed by atoms with Crippen LogP contribution in [0.2, 0.25) is 0 Å². The Morgan fingerprint density at radius 3 is 2.03 bits per heavy atom. The van der Waals surface area contributed by atoms with Crippen molar-refractivity contribution in [3.63, 3.8) is 0 Å². The fourth-order valence-electron chi connectivity index (χ4n) is 15.6. The Hall–Kier alpha value is -8.88. The van der Waals surface area contributed by atoms with Crippen molar-refractivity contribution in [2.45, 2.75) is 167 Å². The number of piperazine rings is 2. The first-order valence-electron chi connectivity index (χ1n) is 34.4. The molecule has 1 unspecified atom stereocenters. The largest absolute Gasteiger partial charge is 0.508 e. The van der Waals surface area contributed by atoms with E-state index < -0.39 is 153 Å². The lowest BCUT2D eigenvalue weighted by Crippen LogP contribution is -2.81. The molecular formula is C73H90N8O21S. The van der Waals surface area contributed by atoms with Crippen LogP contribution in [0.3, 0.4) is 0 Å². The molecule has 4 aromatic carbocycles. The van der Waals surface area contributed by atoms with Gasteiger partial charge in [-0.1, -0.05) is 88.4 Å². The number of aromatic amines is 1. The summed E-state index contributed by atoms with van der Waals surface area (Å²) in [6.45, 7) is 16.6. The fraction of sp³-hybridized carbons (Fsp3) is 0.521. The number of carbonyl (C=O) groups excluding carboxylic acids is 7. The Bertz CT molecular complexity index is 4280. The molecule has 2 bridgehead atoms. The monoisotopic (exact) mass is 1450 g/mol. The number of nitrogens with zero attached hydrogens (tertiary/aromatic N) is 6. The van der Waals surface area contributed by atoms with E-state index in [1.807, 2.05) is 26.0 Å². The number of hydrogen-bond donors (Lipinski definition) is 7. The number of ketones is 1. The quantitative estimate of drug-likeness (QED) is 0.0329. The maximum absolute atomic E-state index is 15.5. The highest BCUT2D eigenvalue weighted by atomic mass is 32.2. The molecule has 6 aliphatic rings. The average Bonchev–Trinajstić information content (AvgIpc) is 1.35. The first-order chi connectivity index (χ1) is 48.5. The van der Waals surface area contributed by atoms with Crippen LogP contribution in [0, 0.1) is 16.7 Å². The van der Waals surface area contributed by atoms with Crippen LogP contribution >= 0.6 is 0 Å². The van der Waals surface area contributed by atoms with Crippen LogP contribution in [-0.4, -0.2) is 221 Å². The topological polar surface area (TPSA) is 386 Å². The number of aromatic hydroxyl groups is 2. The van der Waals surface area contributed by atoms with Crippen LogP contribution in [0.5, 0.6) is 11.5 Å². The first kappa shape index (κ1) is 75.3. The van der Waals surface area contributed by atoms with Gasteiger partial charge in [0.1, 0.15) is 53.2 Å². The first-order valence-corrected chi connectivity index (χ1v) is 35.8. The molecule has 3 saturated heterocycles. The Kier molecular flexibility index (Phi) is 21.2. The van der Waals surface area contributed by atoms with E-state index in [9.17, 15) is 62.7 Å². The normalized spacial score (nSPS) is 26.6. The van der Waals surface area contributed by atoms with Gasteiger partial charge in [0, 0.05) is 96.6 Å². The van der Waals surface area contributed by atoms with E-state index in [4.69, 9.17) is 28.4 Å². The van der Waals surface area contributed by atoms with Crippen LogP contribution in [0.4, 0.5) is 4.79 Å². The zero-order chi connectivity index (χ0) is 74.6. The Morgan fingerprint density at radius 2 is 1.44 bits per heavy atom. The number of Topliss-reactive ketones (excluding diaryl/α,β-unsaturated/α-hetero) is 1. The van der Waals surface area contributed by atoms with Gasteiger partial charge in [0.05, 0.1) is 47.3 Å². The van der Waals surface area contributed by atoms with Crippen molar-refractivity contribution in [1.29, 1.82) is 0 Å². The van der Waals surface area contributed by atoms with Gasteiger partial charge in [-0.3, -0.25) is 24.1 Å². The summed E-state index contributed by atoms with van der Waals surface area (Å²) in [5.41, 5.74) is -7.65. The van der Waals surface area contributed by atoms with Crippen molar-refractivity contribution < 1.29 is 95.9 Å². The molecule has 554 valence electrons. The number of esters is 4. The van der Waals surface area contributed by atoms with Gasteiger partial charge in [-0.15, -0.1) is 0 Å². The minimum Gasteiger partial charge on any atom is -0.508 e. The Morgan fingerprint density at radius 1 is 0.816 bits per heavy atom. The molecule has 1 aromatic heterocycles. The Labute approximate surface area is 595 Å². The van der Waals surface area contributed by atoms with Gasteiger partial charge in [-0.2, -0.15) is 22.1 Å². The summed E-state index contributed by atoms with van der Waals surface area (Å²) >= 11 is 0. The summed E-state index contributed by atoms with van der Waals surface area (Å²) in [7, 11) is -4.00. The number of amides is 2. The minimum atomic E-state index is -4.00. The summed E-state index contributed by atoms with van der Waals surface area (Å²) in [4.78, 5) is 117. The summed E-state index contributed by atoms with van der Waals surface area (Å²) in [5.74, 6) is -7.73. The van der Waals surface area contributed by atoms with Gasteiger partial charge < -0.3 is 64.2 Å². The number of rotatable bonds is 19. The molecular weight excluding hydrogens is 1360 g/mol. The minimum absolute atomic E-state index is 0.0108. The SMILES string of the molecule is CC(=O)O[C@@]12CO[C@@H]1C[C@H](O)[C@@]1(C)C(=O)[C@H](O)C3=C(C)C(OC(=O)[C@H](OC(=O)CCC(=O)N4CCN(S(=O)(=O)N5CCN(Cc6ccc(-n7c(-c8cc(C(C)C)c(O)cc8O)n[nH]c7=O)cc6)CC5)CC4)[C@@H](NC(=O)OC(C)(C)C)c4ccccc4)C[C@@](O)([C@@H](OC(=O)c4ccccc4)[C@H]21)C3(C)C. The molecule has 11 rings (SSSR count). The third-order valence-electron chi connectivity index (χ3n) is 21.2. The van der Waals surface area contributed by atoms with E-state index in [-0.39, 0.29) is 103 Å². The van der Waals surface area contributed by atoms with Gasteiger partial charge in [0.15, 0.2) is 17.2 Å². The number of aliphatic hydroxyl groups is 3. The number of H-pyrrole nitrogens is 1. The number of benzene rings is 4. The summed E-state index contributed by atoms with van der Waals surface area (Å²) in [6.07, 6.45) is -13.7. The van der Waals surface area contributed by atoms with Crippen molar-refractivity contribution in [3.05, 3.63) is 141 Å².